The lowest BCUT2D eigenvalue weighted by molar-refractivity contribution is 0.0828. The predicted octanol–water partition coefficient (Wildman–Crippen LogP) is 2.98. The fourth-order valence-corrected chi connectivity index (χ4v) is 1.22. The van der Waals surface area contributed by atoms with Crippen molar-refractivity contribution in [2.75, 3.05) is 14.1 Å². The summed E-state index contributed by atoms with van der Waals surface area (Å²) in [4.78, 5) is 15.7. The minimum Gasteiger partial charge on any atom is -0.345 e. The number of rotatable bonds is 2. The summed E-state index contributed by atoms with van der Waals surface area (Å²) in [7, 11) is 3.24. The van der Waals surface area contributed by atoms with Gasteiger partial charge in [-0.2, -0.15) is 0 Å². The van der Waals surface area contributed by atoms with Crippen LogP contribution in [0.2, 0.25) is 5.02 Å². The van der Waals surface area contributed by atoms with E-state index in [1.165, 1.54) is 17.0 Å². The van der Waals surface area contributed by atoms with Crippen molar-refractivity contribution in [1.82, 2.24) is 4.90 Å². The van der Waals surface area contributed by atoms with Crippen molar-refractivity contribution in [2.45, 2.75) is 0 Å². The summed E-state index contributed by atoms with van der Waals surface area (Å²) < 4.78 is 0. The summed E-state index contributed by atoms with van der Waals surface area (Å²) in [6.07, 6.45) is 0. The first-order valence-corrected chi connectivity index (χ1v) is 4.50. The number of hydrogen-bond donors (Lipinski definition) is 0. The molecule has 0 unspecified atom stereocenters. The SMILES string of the molecule is CN(C)C(=O)c1ccc(Cl)cc1N=[N+]=[N-]. The molecule has 1 rings (SSSR count). The fraction of sp³-hybridized carbons (Fsp3) is 0.222. The molecule has 78 valence electrons. The fourth-order valence-electron chi connectivity index (χ4n) is 1.06. The molecule has 0 aromatic heterocycles. The molecule has 1 aromatic rings. The highest BCUT2D eigenvalue weighted by Gasteiger charge is 2.12. The Kier molecular flexibility index (Phi) is 3.55. The van der Waals surface area contributed by atoms with E-state index < -0.39 is 0 Å². The van der Waals surface area contributed by atoms with E-state index in [1.807, 2.05) is 0 Å². The van der Waals surface area contributed by atoms with Gasteiger partial charge in [-0.15, -0.1) is 0 Å². The molecule has 1 amide bonds. The Morgan fingerprint density at radius 2 is 2.20 bits per heavy atom. The summed E-state index contributed by atoms with van der Waals surface area (Å²) in [5, 5.41) is 3.84. The zero-order chi connectivity index (χ0) is 11.4. The van der Waals surface area contributed by atoms with E-state index in [2.05, 4.69) is 10.0 Å². The largest absolute Gasteiger partial charge is 0.345 e. The number of carbonyl (C=O) groups excluding carboxylic acids is 1. The maximum atomic E-state index is 11.7. The molecule has 0 saturated heterocycles. The van der Waals surface area contributed by atoms with Gasteiger partial charge in [0.2, 0.25) is 0 Å². The monoisotopic (exact) mass is 224 g/mol. The van der Waals surface area contributed by atoms with Crippen molar-refractivity contribution in [2.24, 2.45) is 5.11 Å². The number of amides is 1. The molecule has 0 aliphatic heterocycles. The highest BCUT2D eigenvalue weighted by Crippen LogP contribution is 2.24. The number of azide groups is 1. The van der Waals surface area contributed by atoms with E-state index in [4.69, 9.17) is 17.1 Å². The van der Waals surface area contributed by atoms with Crippen LogP contribution in [0.25, 0.3) is 10.4 Å². The van der Waals surface area contributed by atoms with Crippen LogP contribution < -0.4 is 0 Å². The standard InChI is InChI=1S/C9H9ClN4O/c1-14(2)9(15)7-4-3-6(10)5-8(7)12-13-11/h3-5H,1-2H3. The van der Waals surface area contributed by atoms with Gasteiger partial charge in [-0.3, -0.25) is 4.79 Å². The van der Waals surface area contributed by atoms with E-state index in [9.17, 15) is 4.79 Å². The first-order valence-electron chi connectivity index (χ1n) is 4.12. The van der Waals surface area contributed by atoms with Gasteiger partial charge in [-0.1, -0.05) is 16.7 Å². The minimum atomic E-state index is -0.228. The van der Waals surface area contributed by atoms with Gasteiger partial charge in [0.15, 0.2) is 0 Å². The number of hydrogen-bond acceptors (Lipinski definition) is 2. The van der Waals surface area contributed by atoms with Gasteiger partial charge in [0.05, 0.1) is 5.69 Å². The summed E-state index contributed by atoms with van der Waals surface area (Å²) in [5.41, 5.74) is 8.92. The molecule has 0 bridgehead atoms. The molecule has 0 spiro atoms. The Morgan fingerprint density at radius 1 is 1.53 bits per heavy atom. The smallest absolute Gasteiger partial charge is 0.253 e. The van der Waals surface area contributed by atoms with Crippen LogP contribution in [0.1, 0.15) is 10.4 Å². The predicted molar refractivity (Wildman–Crippen MR) is 58.3 cm³/mol. The van der Waals surface area contributed by atoms with E-state index in [0.29, 0.717) is 10.6 Å². The van der Waals surface area contributed by atoms with Crippen molar-refractivity contribution in [1.29, 1.82) is 0 Å². The summed E-state index contributed by atoms with van der Waals surface area (Å²) in [5.74, 6) is -0.228. The van der Waals surface area contributed by atoms with Crippen molar-refractivity contribution in [3.8, 4) is 0 Å². The third-order valence-corrected chi connectivity index (χ3v) is 1.98. The summed E-state index contributed by atoms with van der Waals surface area (Å²) >= 11 is 5.73. The van der Waals surface area contributed by atoms with E-state index in [-0.39, 0.29) is 11.6 Å². The molecule has 0 saturated carbocycles. The van der Waals surface area contributed by atoms with Crippen LogP contribution >= 0.6 is 11.6 Å². The second-order valence-electron chi connectivity index (χ2n) is 3.05. The molecule has 0 heterocycles. The highest BCUT2D eigenvalue weighted by molar-refractivity contribution is 6.31. The number of nitrogens with zero attached hydrogens (tertiary/aromatic N) is 4. The molecule has 6 heteroatoms. The molecule has 0 aliphatic rings. The molecule has 0 radical (unpaired) electrons. The molecular formula is C9H9ClN4O. The van der Waals surface area contributed by atoms with Crippen LogP contribution in [0.3, 0.4) is 0 Å². The van der Waals surface area contributed by atoms with Crippen molar-refractivity contribution in [3.63, 3.8) is 0 Å². The minimum absolute atomic E-state index is 0.228. The molecule has 1 aromatic carbocycles. The molecule has 5 nitrogen and oxygen atoms in total. The highest BCUT2D eigenvalue weighted by atomic mass is 35.5. The number of benzene rings is 1. The maximum absolute atomic E-state index is 11.7. The average molecular weight is 225 g/mol. The second-order valence-corrected chi connectivity index (χ2v) is 3.49. The van der Waals surface area contributed by atoms with Crippen molar-refractivity contribution in [3.05, 3.63) is 39.2 Å². The van der Waals surface area contributed by atoms with Crippen LogP contribution in [0.4, 0.5) is 5.69 Å². The zero-order valence-corrected chi connectivity index (χ0v) is 9.06. The Hall–Kier alpha value is -1.71. The Balaban J connectivity index is 3.28. The normalized spacial score (nSPS) is 9.27. The van der Waals surface area contributed by atoms with Crippen molar-refractivity contribution >= 4 is 23.2 Å². The van der Waals surface area contributed by atoms with E-state index in [0.717, 1.165) is 0 Å². The van der Waals surface area contributed by atoms with Gasteiger partial charge in [0.25, 0.3) is 5.91 Å². The average Bonchev–Trinajstić information content (AvgIpc) is 2.17. The zero-order valence-electron chi connectivity index (χ0n) is 8.31. The van der Waals surface area contributed by atoms with Gasteiger partial charge in [-0.25, -0.2) is 0 Å². The van der Waals surface area contributed by atoms with Crippen LogP contribution in [0.5, 0.6) is 0 Å². The van der Waals surface area contributed by atoms with Gasteiger partial charge in [0, 0.05) is 29.6 Å². The third kappa shape index (κ3) is 2.62. The molecule has 0 fully saturated rings. The van der Waals surface area contributed by atoms with E-state index in [1.54, 1.807) is 20.2 Å². The molecule has 0 aliphatic carbocycles. The van der Waals surface area contributed by atoms with Crippen LogP contribution in [0.15, 0.2) is 23.3 Å². The lowest BCUT2D eigenvalue weighted by Crippen LogP contribution is -2.21. The molecule has 15 heavy (non-hydrogen) atoms. The van der Waals surface area contributed by atoms with Crippen LogP contribution in [-0.4, -0.2) is 24.9 Å². The number of halogens is 1. The quantitative estimate of drug-likeness (QED) is 0.433. The Morgan fingerprint density at radius 3 is 2.73 bits per heavy atom. The van der Waals surface area contributed by atoms with Crippen LogP contribution in [-0.2, 0) is 0 Å². The Labute approximate surface area is 91.9 Å². The molecular weight excluding hydrogens is 216 g/mol. The third-order valence-electron chi connectivity index (χ3n) is 1.75. The van der Waals surface area contributed by atoms with Gasteiger partial charge < -0.3 is 4.90 Å². The molecule has 0 N–H and O–H groups in total. The summed E-state index contributed by atoms with van der Waals surface area (Å²) in [6, 6.07) is 4.57. The first-order chi connectivity index (χ1) is 7.06. The van der Waals surface area contributed by atoms with Gasteiger partial charge in [-0.05, 0) is 23.7 Å². The summed E-state index contributed by atoms with van der Waals surface area (Å²) in [6.45, 7) is 0. The van der Waals surface area contributed by atoms with Gasteiger partial charge >= 0.3 is 0 Å². The second kappa shape index (κ2) is 4.68. The lowest BCUT2D eigenvalue weighted by atomic mass is 10.1. The van der Waals surface area contributed by atoms with Crippen LogP contribution in [0, 0.1) is 0 Å². The topological polar surface area (TPSA) is 69.1 Å². The van der Waals surface area contributed by atoms with Crippen molar-refractivity contribution < 1.29 is 4.79 Å². The maximum Gasteiger partial charge on any atom is 0.253 e. The number of carbonyl (C=O) groups is 1. The lowest BCUT2D eigenvalue weighted by Gasteiger charge is -2.11. The van der Waals surface area contributed by atoms with E-state index >= 15 is 0 Å². The van der Waals surface area contributed by atoms with Gasteiger partial charge in [0.1, 0.15) is 0 Å². The molecule has 0 atom stereocenters. The first kappa shape index (κ1) is 11.4. The Bertz CT molecular complexity index is 438.